The summed E-state index contributed by atoms with van der Waals surface area (Å²) >= 11 is 0. The number of ether oxygens (including phenoxy) is 2. The van der Waals surface area contributed by atoms with E-state index >= 15 is 0 Å². The molecule has 1 amide bonds. The molecule has 0 bridgehead atoms. The third-order valence-electron chi connectivity index (χ3n) is 5.20. The maximum atomic E-state index is 12.9. The molecule has 0 radical (unpaired) electrons. The Labute approximate surface area is 174 Å². The highest BCUT2D eigenvalue weighted by atomic mass is 31.2. The number of rotatable bonds is 7. The van der Waals surface area contributed by atoms with E-state index in [1.54, 1.807) is 20.8 Å². The van der Waals surface area contributed by atoms with Crippen molar-refractivity contribution in [1.82, 2.24) is 4.90 Å². The van der Waals surface area contributed by atoms with Crippen LogP contribution in [0.4, 0.5) is 0 Å². The molecule has 0 aromatic heterocycles. The molecule has 3 rings (SSSR count). The van der Waals surface area contributed by atoms with Crippen molar-refractivity contribution in [3.8, 4) is 0 Å². The van der Waals surface area contributed by atoms with Crippen molar-refractivity contribution in [2.75, 3.05) is 19.8 Å². The van der Waals surface area contributed by atoms with E-state index in [2.05, 4.69) is 0 Å². The molecule has 3 heterocycles. The summed E-state index contributed by atoms with van der Waals surface area (Å²) in [5.41, 5.74) is 5.18. The highest BCUT2D eigenvalue weighted by Gasteiger charge is 2.60. The molecule has 3 aliphatic rings. The van der Waals surface area contributed by atoms with Gasteiger partial charge in [-0.05, 0) is 26.3 Å². The summed E-state index contributed by atoms with van der Waals surface area (Å²) in [5, 5.41) is 0. The quantitative estimate of drug-likeness (QED) is 0.340. The minimum Gasteiger partial charge on any atom is -0.466 e. The molecule has 0 aromatic rings. The van der Waals surface area contributed by atoms with Crippen LogP contribution in [0.25, 0.3) is 0 Å². The van der Waals surface area contributed by atoms with Gasteiger partial charge < -0.3 is 15.2 Å². The van der Waals surface area contributed by atoms with Gasteiger partial charge >= 0.3 is 13.8 Å². The normalized spacial score (nSPS) is 37.2. The number of hydrogen-bond donors (Lipinski definition) is 1. The van der Waals surface area contributed by atoms with Gasteiger partial charge in [0, 0.05) is 6.20 Å². The molecule has 6 atom stereocenters. The molecule has 0 saturated carbocycles. The molecule has 2 saturated heterocycles. The Hall–Kier alpha value is -1.62. The number of esters is 1. The Morgan fingerprint density at radius 3 is 2.87 bits per heavy atom. The van der Waals surface area contributed by atoms with E-state index in [-0.39, 0.29) is 44.4 Å². The van der Waals surface area contributed by atoms with Gasteiger partial charge in [-0.15, -0.1) is 0 Å². The van der Waals surface area contributed by atoms with Crippen molar-refractivity contribution in [2.45, 2.75) is 57.6 Å². The lowest BCUT2D eigenvalue weighted by Crippen LogP contribution is -2.60. The van der Waals surface area contributed by atoms with Gasteiger partial charge in [0.1, 0.15) is 12.2 Å². The molecule has 12 heteroatoms. The number of amides is 1. The Kier molecular flexibility index (Phi) is 6.81. The third kappa shape index (κ3) is 4.66. The van der Waals surface area contributed by atoms with Gasteiger partial charge in [-0.1, -0.05) is 6.92 Å². The molecule has 11 nitrogen and oxygen atoms in total. The number of ketones is 1. The smallest absolute Gasteiger partial charge is 0.466 e. The molecule has 0 aliphatic carbocycles. The average Bonchev–Trinajstić information content (AvgIpc) is 2.92. The van der Waals surface area contributed by atoms with Gasteiger partial charge in [0.05, 0.1) is 37.7 Å². The lowest BCUT2D eigenvalue weighted by Gasteiger charge is -2.38. The Bertz CT molecular complexity index is 784. The van der Waals surface area contributed by atoms with Gasteiger partial charge in [-0.3, -0.25) is 32.9 Å². The van der Waals surface area contributed by atoms with Crippen LogP contribution in [0.2, 0.25) is 0 Å². The number of phosphoric ester groups is 1. The summed E-state index contributed by atoms with van der Waals surface area (Å²) in [5.74, 6) is -1.56. The van der Waals surface area contributed by atoms with E-state index in [1.807, 2.05) is 0 Å². The van der Waals surface area contributed by atoms with Gasteiger partial charge in [-0.2, -0.15) is 0 Å². The molecule has 168 valence electrons. The first-order valence-electron chi connectivity index (χ1n) is 9.78. The van der Waals surface area contributed by atoms with E-state index in [0.29, 0.717) is 0 Å². The number of allylic oxidation sites excluding steroid dienone is 1. The highest BCUT2D eigenvalue weighted by Crippen LogP contribution is 2.57. The molecule has 1 unspecified atom stereocenters. The molecule has 3 aliphatic heterocycles. The summed E-state index contributed by atoms with van der Waals surface area (Å²) < 4.78 is 39.9. The molecule has 2 N–H and O–H groups in total. The first-order valence-corrected chi connectivity index (χ1v) is 11.2. The predicted octanol–water partition coefficient (Wildman–Crippen LogP) is 0.873. The standard InChI is InChI=1S/C18H27N2O9P/c1-4-25-16(23)11(2)6-8-26-30(24)27-10-13-15(29-30)18(3,19)17(28-13)20-7-5-12(21)9-14(20)22/h5,7,11,13,15,17H,4,6,8-10,19H2,1-3H3/t11?,13-,15-,17-,18-,30-/m1/s1. The van der Waals surface area contributed by atoms with Crippen molar-refractivity contribution in [3.63, 3.8) is 0 Å². The Balaban J connectivity index is 1.63. The van der Waals surface area contributed by atoms with Gasteiger partial charge in [0.2, 0.25) is 5.91 Å². The number of carbonyl (C=O) groups is 3. The van der Waals surface area contributed by atoms with Crippen LogP contribution >= 0.6 is 7.82 Å². The first-order chi connectivity index (χ1) is 14.1. The summed E-state index contributed by atoms with van der Waals surface area (Å²) in [6, 6.07) is 0. The number of hydrogen-bond acceptors (Lipinski definition) is 10. The molecule has 30 heavy (non-hydrogen) atoms. The monoisotopic (exact) mass is 446 g/mol. The number of nitrogens with zero attached hydrogens (tertiary/aromatic N) is 1. The minimum absolute atomic E-state index is 0.0460. The summed E-state index contributed by atoms with van der Waals surface area (Å²) in [4.78, 5) is 36.6. The lowest BCUT2D eigenvalue weighted by atomic mass is 9.92. The van der Waals surface area contributed by atoms with Gasteiger partial charge in [0.15, 0.2) is 12.0 Å². The molecule has 0 aromatic carbocycles. The second kappa shape index (κ2) is 8.86. The van der Waals surface area contributed by atoms with Gasteiger partial charge in [-0.25, -0.2) is 4.57 Å². The van der Waals surface area contributed by atoms with Crippen LogP contribution in [0.3, 0.4) is 0 Å². The zero-order chi connectivity index (χ0) is 22.1. The van der Waals surface area contributed by atoms with Crippen molar-refractivity contribution in [1.29, 1.82) is 0 Å². The zero-order valence-corrected chi connectivity index (χ0v) is 18.0. The average molecular weight is 446 g/mol. The summed E-state index contributed by atoms with van der Waals surface area (Å²) in [6.07, 6.45) is 0.122. The van der Waals surface area contributed by atoms with E-state index in [1.165, 1.54) is 17.2 Å². The molecular weight excluding hydrogens is 419 g/mol. The van der Waals surface area contributed by atoms with E-state index in [4.69, 9.17) is 28.8 Å². The SMILES string of the molecule is CCOC(=O)C(C)CCO[P@]1(=O)OC[C@H]2O[C@@H](N3C=CC(=O)CC3=O)[C@](C)(N)[C@@H]2O1. The van der Waals surface area contributed by atoms with Crippen LogP contribution in [0.1, 0.15) is 33.6 Å². The molecule has 2 fully saturated rings. The number of nitrogens with two attached hydrogens (primary N) is 1. The fourth-order valence-corrected chi connectivity index (χ4v) is 4.99. The molecular formula is C18H27N2O9P. The van der Waals surface area contributed by atoms with Crippen LogP contribution in [0.15, 0.2) is 12.3 Å². The first kappa shape index (κ1) is 23.1. The topological polar surface area (TPSA) is 144 Å². The fraction of sp³-hybridized carbons (Fsp3) is 0.722. The summed E-state index contributed by atoms with van der Waals surface area (Å²) in [7, 11) is -3.94. The minimum atomic E-state index is -3.94. The van der Waals surface area contributed by atoms with Crippen molar-refractivity contribution in [3.05, 3.63) is 12.3 Å². The number of carbonyl (C=O) groups excluding carboxylic acids is 3. The van der Waals surface area contributed by atoms with Crippen LogP contribution < -0.4 is 5.73 Å². The second-order valence-corrected chi connectivity index (χ2v) is 9.32. The summed E-state index contributed by atoms with van der Waals surface area (Å²) in [6.45, 7) is 5.12. The van der Waals surface area contributed by atoms with Gasteiger partial charge in [0.25, 0.3) is 0 Å². The molecule has 0 spiro atoms. The number of fused-ring (bicyclic) bond motifs is 1. The fourth-order valence-electron chi connectivity index (χ4n) is 3.50. The van der Waals surface area contributed by atoms with E-state index < -0.39 is 43.6 Å². The maximum absolute atomic E-state index is 12.9. The Morgan fingerprint density at radius 1 is 1.47 bits per heavy atom. The lowest BCUT2D eigenvalue weighted by molar-refractivity contribution is -0.148. The van der Waals surface area contributed by atoms with E-state index in [9.17, 15) is 18.9 Å². The number of phosphoric acid groups is 1. The largest absolute Gasteiger partial charge is 0.475 e. The van der Waals surface area contributed by atoms with Crippen LogP contribution in [-0.2, 0) is 42.0 Å². The van der Waals surface area contributed by atoms with Crippen LogP contribution in [0.5, 0.6) is 0 Å². The van der Waals surface area contributed by atoms with E-state index in [0.717, 1.165) is 0 Å². The van der Waals surface area contributed by atoms with Crippen molar-refractivity contribution >= 4 is 25.5 Å². The second-order valence-electron chi connectivity index (χ2n) is 7.70. The van der Waals surface area contributed by atoms with Crippen molar-refractivity contribution < 1.29 is 42.0 Å². The predicted molar refractivity (Wildman–Crippen MR) is 102 cm³/mol. The Morgan fingerprint density at radius 2 is 2.20 bits per heavy atom. The third-order valence-corrected chi connectivity index (χ3v) is 6.65. The van der Waals surface area contributed by atoms with Crippen molar-refractivity contribution in [2.24, 2.45) is 11.7 Å². The zero-order valence-electron chi connectivity index (χ0n) is 17.1. The highest BCUT2D eigenvalue weighted by molar-refractivity contribution is 7.48. The maximum Gasteiger partial charge on any atom is 0.475 e. The van der Waals surface area contributed by atoms with Crippen LogP contribution in [-0.4, -0.2) is 66.4 Å². The van der Waals surface area contributed by atoms with Crippen LogP contribution in [0, 0.1) is 5.92 Å².